The van der Waals surface area contributed by atoms with Gasteiger partial charge in [0.25, 0.3) is 0 Å². The molecule has 0 aromatic carbocycles. The van der Waals surface area contributed by atoms with Crippen LogP contribution in [0.2, 0.25) is 60.4 Å². The molecule has 6 aliphatic heterocycles. The lowest BCUT2D eigenvalue weighted by Crippen LogP contribution is -2.78. The topological polar surface area (TPSA) is 0 Å². The molecular formula is C25H50Si5. The summed E-state index contributed by atoms with van der Waals surface area (Å²) in [5, 5.41) is 0. The van der Waals surface area contributed by atoms with Crippen molar-refractivity contribution in [3.63, 3.8) is 0 Å². The van der Waals surface area contributed by atoms with Gasteiger partial charge in [-0.2, -0.15) is 0 Å². The molecule has 0 amide bonds. The van der Waals surface area contributed by atoms with E-state index in [1.54, 1.807) is 96.3 Å². The predicted molar refractivity (Wildman–Crippen MR) is 146 cm³/mol. The van der Waals surface area contributed by atoms with Gasteiger partial charge in [0.05, 0.1) is 0 Å². The molecule has 6 aliphatic rings. The van der Waals surface area contributed by atoms with E-state index in [1.165, 1.54) is 0 Å². The van der Waals surface area contributed by atoms with Gasteiger partial charge in [-0.1, -0.05) is 157 Å². The van der Waals surface area contributed by atoms with E-state index in [0.29, 0.717) is 0 Å². The lowest BCUT2D eigenvalue weighted by atomic mass is 10.3. The Morgan fingerprint density at radius 2 is 0.300 bits per heavy atom. The van der Waals surface area contributed by atoms with Crippen molar-refractivity contribution < 1.29 is 0 Å². The third kappa shape index (κ3) is 2.48. The summed E-state index contributed by atoms with van der Waals surface area (Å²) < 4.78 is 0. The van der Waals surface area contributed by atoms with Crippen molar-refractivity contribution in [3.05, 3.63) is 0 Å². The van der Waals surface area contributed by atoms with Crippen molar-refractivity contribution in [3.8, 4) is 0 Å². The van der Waals surface area contributed by atoms with Gasteiger partial charge in [0.2, 0.25) is 0 Å². The quantitative estimate of drug-likeness (QED) is 0.298. The number of fused-ring (bicyclic) bond motifs is 5. The van der Waals surface area contributed by atoms with Crippen LogP contribution in [0.3, 0.4) is 0 Å². The van der Waals surface area contributed by atoms with E-state index < -0.39 is 35.5 Å². The molecule has 5 heteroatoms. The van der Waals surface area contributed by atoms with E-state index in [9.17, 15) is 0 Å². The third-order valence-electron chi connectivity index (χ3n) is 13.1. The van der Waals surface area contributed by atoms with E-state index >= 15 is 0 Å². The Morgan fingerprint density at radius 1 is 0.167 bits per heavy atom. The second-order valence-corrected chi connectivity index (χ2v) is 65.2. The molecule has 0 aromatic heterocycles. The largest absolute Gasteiger partial charge is 0.0612 e. The molecule has 0 aromatic rings. The van der Waals surface area contributed by atoms with Gasteiger partial charge in [0.1, 0.15) is 0 Å². The van der Waals surface area contributed by atoms with Crippen molar-refractivity contribution in [2.24, 2.45) is 0 Å². The van der Waals surface area contributed by atoms with Crippen molar-refractivity contribution in [2.45, 2.75) is 157 Å². The maximum Gasteiger partial charge on any atom is 0.0378 e. The molecule has 0 aliphatic carbocycles. The first-order valence-electron chi connectivity index (χ1n) is 14.8. The minimum absolute atomic E-state index is 0.937. The van der Waals surface area contributed by atoms with Gasteiger partial charge in [0.15, 0.2) is 0 Å². The minimum Gasteiger partial charge on any atom is -0.0612 e. The maximum atomic E-state index is 1.98. The highest BCUT2D eigenvalue weighted by Gasteiger charge is 2.87. The smallest absolute Gasteiger partial charge is 0.0378 e. The average molecular weight is 491 g/mol. The molecule has 170 valence electrons. The fraction of sp³-hybridized carbons (Fsp3) is 1.00. The standard InChI is InChI=1S/C25H50Si5/c1-6-16-26(17-7-1)27(18-8-2-9-19-27)29(22-12-4-13-23-29)30(24-14-5-15-25-30)28(26)20-10-3-11-21-28/h1-25H2. The first-order valence-corrected chi connectivity index (χ1v) is 31.9. The zero-order valence-electron chi connectivity index (χ0n) is 20.2. The fourth-order valence-electron chi connectivity index (χ4n) is 12.9. The van der Waals surface area contributed by atoms with Crippen LogP contribution in [-0.2, 0) is 0 Å². The summed E-state index contributed by atoms with van der Waals surface area (Å²) in [7, 11) is -4.68. The highest BCUT2D eigenvalue weighted by Crippen LogP contribution is 2.70. The molecule has 0 unspecified atom stereocenters. The molecule has 30 heavy (non-hydrogen) atoms. The van der Waals surface area contributed by atoms with E-state index in [1.807, 2.05) is 60.4 Å². The van der Waals surface area contributed by atoms with Crippen LogP contribution in [0.1, 0.15) is 96.3 Å². The summed E-state index contributed by atoms with van der Waals surface area (Å²) in [5.74, 6) is 0. The Morgan fingerprint density at radius 3 is 0.433 bits per heavy atom. The average Bonchev–Trinajstić information content (AvgIpc) is 2.93. The Balaban J connectivity index is 1.64. The molecule has 6 fully saturated rings. The van der Waals surface area contributed by atoms with Gasteiger partial charge in [-0.25, -0.2) is 0 Å². The highest BCUT2D eigenvalue weighted by atomic mass is 30.2. The molecule has 6 rings (SSSR count). The SMILES string of the molecule is C1CC[Si]2(CC1)[Si]1(CCCCC1)[Si]1(CCCCC1)[Si]1(CCCCC1)[Si]21CCCCC1. The Labute approximate surface area is 191 Å². The Kier molecular flexibility index (Phi) is 5.83. The van der Waals surface area contributed by atoms with E-state index in [0.717, 1.165) is 0 Å². The van der Waals surface area contributed by atoms with Crippen LogP contribution in [0.4, 0.5) is 0 Å². The highest BCUT2D eigenvalue weighted by molar-refractivity contribution is 8.14. The number of hydrogen-bond acceptors (Lipinski definition) is 0. The Hall–Kier alpha value is 1.08. The zero-order valence-corrected chi connectivity index (χ0v) is 25.2. The van der Waals surface area contributed by atoms with Gasteiger partial charge in [0, 0.05) is 35.5 Å². The number of hydrogen-bond donors (Lipinski definition) is 0. The molecule has 0 atom stereocenters. The first-order chi connectivity index (χ1) is 14.8. The molecule has 0 saturated carbocycles. The normalized spacial score (nSPS) is 36.0. The fourth-order valence-corrected chi connectivity index (χ4v) is 235. The van der Waals surface area contributed by atoms with Crippen LogP contribution in [0.25, 0.3) is 0 Å². The van der Waals surface area contributed by atoms with Crippen LogP contribution < -0.4 is 0 Å². The summed E-state index contributed by atoms with van der Waals surface area (Å²) in [6.07, 6.45) is 25.8. The van der Waals surface area contributed by atoms with Crippen LogP contribution in [0.5, 0.6) is 0 Å². The van der Waals surface area contributed by atoms with Crippen LogP contribution in [-0.4, -0.2) is 35.5 Å². The van der Waals surface area contributed by atoms with Gasteiger partial charge in [-0.3, -0.25) is 0 Å². The van der Waals surface area contributed by atoms with Crippen molar-refractivity contribution in [1.29, 1.82) is 0 Å². The van der Waals surface area contributed by atoms with Crippen molar-refractivity contribution >= 4 is 35.5 Å². The van der Waals surface area contributed by atoms with Crippen LogP contribution >= 0.6 is 0 Å². The van der Waals surface area contributed by atoms with E-state index in [2.05, 4.69) is 0 Å². The first kappa shape index (κ1) is 21.6. The molecular weight excluding hydrogens is 441 g/mol. The second-order valence-electron chi connectivity index (χ2n) is 13.2. The summed E-state index contributed by atoms with van der Waals surface area (Å²) >= 11 is 0. The molecule has 5 spiro atoms. The van der Waals surface area contributed by atoms with E-state index in [-0.39, 0.29) is 0 Å². The summed E-state index contributed by atoms with van der Waals surface area (Å²) in [6.45, 7) is 0. The molecule has 6 saturated heterocycles. The zero-order chi connectivity index (χ0) is 20.2. The Bertz CT molecular complexity index is 468. The van der Waals surface area contributed by atoms with Gasteiger partial charge in [-0.15, -0.1) is 0 Å². The molecule has 0 N–H and O–H groups in total. The van der Waals surface area contributed by atoms with E-state index in [4.69, 9.17) is 0 Å². The molecule has 0 radical (unpaired) electrons. The van der Waals surface area contributed by atoms with Crippen LogP contribution in [0, 0.1) is 0 Å². The minimum atomic E-state index is -0.937. The maximum absolute atomic E-state index is 1.98. The van der Waals surface area contributed by atoms with Gasteiger partial charge < -0.3 is 0 Å². The summed E-state index contributed by atoms with van der Waals surface area (Å²) in [5.41, 5.74) is 0. The third-order valence-corrected chi connectivity index (χ3v) is 131. The molecule has 0 nitrogen and oxygen atoms in total. The van der Waals surface area contributed by atoms with Gasteiger partial charge in [-0.05, 0) is 0 Å². The van der Waals surface area contributed by atoms with Crippen molar-refractivity contribution in [2.75, 3.05) is 0 Å². The molecule has 6 heterocycles. The number of rotatable bonds is 0. The summed E-state index contributed by atoms with van der Waals surface area (Å²) in [6, 6.07) is 19.8. The lowest BCUT2D eigenvalue weighted by molar-refractivity contribution is 0.694. The monoisotopic (exact) mass is 490 g/mol. The van der Waals surface area contributed by atoms with Gasteiger partial charge >= 0.3 is 0 Å². The van der Waals surface area contributed by atoms with Crippen LogP contribution in [0.15, 0.2) is 0 Å². The lowest BCUT2D eigenvalue weighted by Gasteiger charge is -2.60. The predicted octanol–water partition coefficient (Wildman–Crippen LogP) is 8.56. The van der Waals surface area contributed by atoms with Crippen molar-refractivity contribution in [1.82, 2.24) is 0 Å². The summed E-state index contributed by atoms with van der Waals surface area (Å²) in [4.78, 5) is 0. The second kappa shape index (κ2) is 8.09. The molecule has 0 bridgehead atoms.